The average molecular weight is 347 g/mol. The number of ether oxygens (including phenoxy) is 1. The number of carbonyl (C=O) groups excluding carboxylic acids is 1. The molecule has 26 heavy (non-hydrogen) atoms. The molecule has 0 saturated carbocycles. The highest BCUT2D eigenvalue weighted by Gasteiger charge is 2.02. The summed E-state index contributed by atoms with van der Waals surface area (Å²) in [5.74, 6) is 1.53. The highest BCUT2D eigenvalue weighted by molar-refractivity contribution is 5.92. The fraction of sp³-hybridized carbons (Fsp3) is 0.143. The van der Waals surface area contributed by atoms with Crippen molar-refractivity contribution in [3.05, 3.63) is 84.0 Å². The summed E-state index contributed by atoms with van der Waals surface area (Å²) in [6.07, 6.45) is 6.96. The molecule has 1 heterocycles. The maximum absolute atomic E-state index is 12.0. The number of methoxy groups -OCH3 is 1. The molecule has 3 rings (SSSR count). The highest BCUT2D eigenvalue weighted by atomic mass is 16.5. The van der Waals surface area contributed by atoms with Gasteiger partial charge in [-0.2, -0.15) is 0 Å². The van der Waals surface area contributed by atoms with Crippen LogP contribution in [-0.2, 0) is 11.3 Å². The first-order chi connectivity index (χ1) is 12.7. The molecular formula is C21H21N3O2. The number of aromatic nitrogens is 2. The van der Waals surface area contributed by atoms with E-state index >= 15 is 0 Å². The van der Waals surface area contributed by atoms with Crippen molar-refractivity contribution in [2.75, 3.05) is 7.11 Å². The fourth-order valence-corrected chi connectivity index (χ4v) is 2.64. The number of nitrogens with one attached hydrogen (secondary N) is 1. The van der Waals surface area contributed by atoms with Gasteiger partial charge in [-0.05, 0) is 36.8 Å². The van der Waals surface area contributed by atoms with Gasteiger partial charge in [0.2, 0.25) is 5.91 Å². The smallest absolute Gasteiger partial charge is 0.244 e. The lowest BCUT2D eigenvalue weighted by molar-refractivity contribution is -0.116. The van der Waals surface area contributed by atoms with Crippen LogP contribution < -0.4 is 10.1 Å². The number of hydrogen-bond donors (Lipinski definition) is 1. The maximum atomic E-state index is 12.0. The van der Waals surface area contributed by atoms with Gasteiger partial charge in [-0.1, -0.05) is 30.3 Å². The van der Waals surface area contributed by atoms with Crippen molar-refractivity contribution >= 4 is 12.0 Å². The minimum atomic E-state index is -0.148. The van der Waals surface area contributed by atoms with Crippen molar-refractivity contribution in [3.8, 4) is 11.4 Å². The molecule has 0 spiro atoms. The zero-order valence-corrected chi connectivity index (χ0v) is 14.8. The van der Waals surface area contributed by atoms with Gasteiger partial charge >= 0.3 is 0 Å². The number of nitrogens with zero attached hydrogens (tertiary/aromatic N) is 2. The molecule has 1 N–H and O–H groups in total. The lowest BCUT2D eigenvalue weighted by Crippen LogP contribution is -2.20. The molecule has 0 aliphatic carbocycles. The minimum absolute atomic E-state index is 0.148. The molecule has 0 atom stereocenters. The minimum Gasteiger partial charge on any atom is -0.496 e. The number of benzene rings is 2. The first kappa shape index (κ1) is 17.5. The van der Waals surface area contributed by atoms with Gasteiger partial charge in [0.05, 0.1) is 7.11 Å². The molecule has 1 amide bonds. The van der Waals surface area contributed by atoms with E-state index < -0.39 is 0 Å². The third-order valence-corrected chi connectivity index (χ3v) is 4.06. The molecule has 1 aromatic heterocycles. The van der Waals surface area contributed by atoms with E-state index in [1.54, 1.807) is 19.4 Å². The molecule has 0 radical (unpaired) electrons. The summed E-state index contributed by atoms with van der Waals surface area (Å²) >= 11 is 0. The van der Waals surface area contributed by atoms with Gasteiger partial charge in [0, 0.05) is 36.3 Å². The summed E-state index contributed by atoms with van der Waals surface area (Å²) in [7, 11) is 1.61. The molecule has 0 aliphatic rings. The van der Waals surface area contributed by atoms with Gasteiger partial charge in [-0.25, -0.2) is 4.98 Å². The maximum Gasteiger partial charge on any atom is 0.244 e. The standard InChI is InChI=1S/C21H21N3O2/c1-16-22-13-14-24(16)19-10-7-17(8-11-19)15-23-21(25)12-9-18-5-3-4-6-20(18)26-2/h3-14H,15H2,1-2H3,(H,23,25)/b12-9+. The number of carbonyl (C=O) groups is 1. The summed E-state index contributed by atoms with van der Waals surface area (Å²) in [6.45, 7) is 2.43. The average Bonchev–Trinajstić information content (AvgIpc) is 3.11. The zero-order chi connectivity index (χ0) is 18.4. The second kappa shape index (κ2) is 8.16. The van der Waals surface area contributed by atoms with Crippen LogP contribution in [0.4, 0.5) is 0 Å². The molecule has 132 valence electrons. The van der Waals surface area contributed by atoms with E-state index in [4.69, 9.17) is 4.74 Å². The Morgan fingerprint density at radius 3 is 2.65 bits per heavy atom. The Bertz CT molecular complexity index is 911. The van der Waals surface area contributed by atoms with Crippen LogP contribution >= 0.6 is 0 Å². The number of aryl methyl sites for hydroxylation is 1. The topological polar surface area (TPSA) is 56.1 Å². The number of imidazole rings is 1. The summed E-state index contributed by atoms with van der Waals surface area (Å²) in [4.78, 5) is 16.3. The van der Waals surface area contributed by atoms with Gasteiger partial charge in [0.25, 0.3) is 0 Å². The Morgan fingerprint density at radius 2 is 1.96 bits per heavy atom. The van der Waals surface area contributed by atoms with E-state index in [0.717, 1.165) is 28.4 Å². The molecule has 0 bridgehead atoms. The number of para-hydroxylation sites is 1. The Hall–Kier alpha value is -3.34. The lowest BCUT2D eigenvalue weighted by Gasteiger charge is -2.07. The van der Waals surface area contributed by atoms with Crippen LogP contribution in [0.5, 0.6) is 5.75 Å². The second-order valence-corrected chi connectivity index (χ2v) is 5.80. The van der Waals surface area contributed by atoms with Gasteiger partial charge in [0.15, 0.2) is 0 Å². The second-order valence-electron chi connectivity index (χ2n) is 5.80. The monoisotopic (exact) mass is 347 g/mol. The van der Waals surface area contributed by atoms with Crippen molar-refractivity contribution in [1.29, 1.82) is 0 Å². The van der Waals surface area contributed by atoms with Crippen LogP contribution in [0.2, 0.25) is 0 Å². The Morgan fingerprint density at radius 1 is 1.19 bits per heavy atom. The zero-order valence-electron chi connectivity index (χ0n) is 14.8. The predicted molar refractivity (Wildman–Crippen MR) is 102 cm³/mol. The van der Waals surface area contributed by atoms with E-state index in [1.807, 2.05) is 66.2 Å². The van der Waals surface area contributed by atoms with E-state index in [0.29, 0.717) is 6.54 Å². The van der Waals surface area contributed by atoms with Crippen molar-refractivity contribution in [2.24, 2.45) is 0 Å². The quantitative estimate of drug-likeness (QED) is 0.694. The molecule has 2 aromatic carbocycles. The number of hydrogen-bond acceptors (Lipinski definition) is 3. The van der Waals surface area contributed by atoms with Crippen molar-refractivity contribution < 1.29 is 9.53 Å². The first-order valence-electron chi connectivity index (χ1n) is 8.35. The van der Waals surface area contributed by atoms with Gasteiger partial charge in [-0.3, -0.25) is 4.79 Å². The molecule has 0 saturated heterocycles. The third kappa shape index (κ3) is 4.19. The van der Waals surface area contributed by atoms with Gasteiger partial charge < -0.3 is 14.6 Å². The van der Waals surface area contributed by atoms with Crippen LogP contribution in [0.1, 0.15) is 17.0 Å². The normalized spacial score (nSPS) is 10.8. The van der Waals surface area contributed by atoms with Crippen LogP contribution in [0, 0.1) is 6.92 Å². The van der Waals surface area contributed by atoms with Crippen LogP contribution in [0.15, 0.2) is 67.0 Å². The van der Waals surface area contributed by atoms with Crippen molar-refractivity contribution in [3.63, 3.8) is 0 Å². The SMILES string of the molecule is COc1ccccc1/C=C/C(=O)NCc1ccc(-n2ccnc2C)cc1. The van der Waals surface area contributed by atoms with E-state index in [1.165, 1.54) is 6.08 Å². The highest BCUT2D eigenvalue weighted by Crippen LogP contribution is 2.18. The molecule has 5 heteroatoms. The predicted octanol–water partition coefficient (Wildman–Crippen LogP) is 3.52. The molecule has 0 unspecified atom stereocenters. The van der Waals surface area contributed by atoms with Crippen LogP contribution in [0.3, 0.4) is 0 Å². The van der Waals surface area contributed by atoms with E-state index in [-0.39, 0.29) is 5.91 Å². The summed E-state index contributed by atoms with van der Waals surface area (Å²) < 4.78 is 7.28. The molecule has 3 aromatic rings. The number of amides is 1. The Balaban J connectivity index is 1.58. The molecule has 5 nitrogen and oxygen atoms in total. The number of rotatable bonds is 6. The molecule has 0 fully saturated rings. The Labute approximate surface area is 153 Å². The van der Waals surface area contributed by atoms with Crippen LogP contribution in [-0.4, -0.2) is 22.6 Å². The summed E-state index contributed by atoms with van der Waals surface area (Å²) in [6, 6.07) is 15.6. The third-order valence-electron chi connectivity index (χ3n) is 4.06. The summed E-state index contributed by atoms with van der Waals surface area (Å²) in [5, 5.41) is 2.89. The summed E-state index contributed by atoms with van der Waals surface area (Å²) in [5.41, 5.74) is 2.95. The van der Waals surface area contributed by atoms with Crippen LogP contribution in [0.25, 0.3) is 11.8 Å². The van der Waals surface area contributed by atoms with E-state index in [9.17, 15) is 4.79 Å². The Kier molecular flexibility index (Phi) is 5.49. The molecular weight excluding hydrogens is 326 g/mol. The van der Waals surface area contributed by atoms with Gasteiger partial charge in [-0.15, -0.1) is 0 Å². The largest absolute Gasteiger partial charge is 0.496 e. The fourth-order valence-electron chi connectivity index (χ4n) is 2.64. The first-order valence-corrected chi connectivity index (χ1v) is 8.35. The van der Waals surface area contributed by atoms with Crippen molar-refractivity contribution in [1.82, 2.24) is 14.9 Å². The lowest BCUT2D eigenvalue weighted by atomic mass is 10.2. The van der Waals surface area contributed by atoms with E-state index in [2.05, 4.69) is 10.3 Å². The van der Waals surface area contributed by atoms with Gasteiger partial charge in [0.1, 0.15) is 11.6 Å². The van der Waals surface area contributed by atoms with Crippen molar-refractivity contribution in [2.45, 2.75) is 13.5 Å². The molecule has 0 aliphatic heterocycles.